The molecule has 0 aliphatic rings. The van der Waals surface area contributed by atoms with Crippen LogP contribution in [0.5, 0.6) is 0 Å². The molecule has 0 nitrogen and oxygen atoms in total. The van der Waals surface area contributed by atoms with E-state index in [1.807, 2.05) is 171 Å². The largest absolute Gasteiger partial charge is 0.179 e. The topological polar surface area (TPSA) is 0 Å². The Kier molecular flexibility index (Phi) is 67.7. The fourth-order valence-electron chi connectivity index (χ4n) is 2.15. The van der Waals surface area contributed by atoms with Crippen molar-refractivity contribution in [2.75, 3.05) is 130 Å². The van der Waals surface area contributed by atoms with Crippen LogP contribution in [0.4, 0.5) is 0 Å². The van der Waals surface area contributed by atoms with Crippen molar-refractivity contribution in [1.29, 1.82) is 0 Å². The summed E-state index contributed by atoms with van der Waals surface area (Å²) in [6, 6.07) is 0. The minimum absolute atomic E-state index is 0.994. The predicted molar refractivity (Wildman–Crippen MR) is 312 cm³/mol. The van der Waals surface area contributed by atoms with Gasteiger partial charge in [0.2, 0.25) is 0 Å². The molecule has 0 heterocycles. The Morgan fingerprint density at radius 2 is 0.531 bits per heavy atom. The molecule has 0 aromatic heterocycles. The normalized spacial score (nSPS) is 11.6. The third-order valence-electron chi connectivity index (χ3n) is 3.94. The van der Waals surface area contributed by atoms with Crippen molar-refractivity contribution >= 4 is 284 Å². The van der Waals surface area contributed by atoms with E-state index >= 15 is 0 Å². The Labute approximate surface area is 407 Å². The van der Waals surface area contributed by atoms with E-state index in [1.54, 1.807) is 10.8 Å². The number of rotatable bonds is 46. The van der Waals surface area contributed by atoms with Crippen molar-refractivity contribution in [1.82, 2.24) is 0 Å². The molecule has 0 atom stereocenters. The Morgan fingerprint density at radius 1 is 0.245 bits per heavy atom. The standard InChI is InChI=1S/C23H48S26/c24-1-2-26-3-14-38-45-23-46-48-49-47-41-16-9-29-7-11-32-31-10-4-27-5-12-34-36-18-20-40-44-22-43-37-15-8-28-6-13-33-35-17-19-39-42-21-30-25/h24-25H,1-23H2. The van der Waals surface area contributed by atoms with E-state index < -0.39 is 0 Å². The molecule has 0 spiro atoms. The highest BCUT2D eigenvalue weighted by Crippen LogP contribution is 2.50. The Morgan fingerprint density at radius 3 is 0.918 bits per heavy atom. The Hall–Kier alpha value is 9.10. The Bertz CT molecular complexity index is 525. The van der Waals surface area contributed by atoms with Gasteiger partial charge in [-0.1, -0.05) is 183 Å². The maximum absolute atomic E-state index is 4.25. The van der Waals surface area contributed by atoms with Gasteiger partial charge in [0, 0.05) is 109 Å². The first kappa shape index (κ1) is 58.1. The van der Waals surface area contributed by atoms with Crippen LogP contribution in [0.2, 0.25) is 0 Å². The predicted octanol–water partition coefficient (Wildman–Crippen LogP) is 17.3. The van der Waals surface area contributed by atoms with Gasteiger partial charge in [-0.2, -0.15) is 59.7 Å². The zero-order valence-corrected chi connectivity index (χ0v) is 48.3. The SMILES string of the molecule is SCCSCCSSCSSSSSCCSCCSSCCSCCSSCCSSCSSCCSCCSSCCSSCSS. The molecule has 0 unspecified atom stereocenters. The molecule has 0 aliphatic carbocycles. The van der Waals surface area contributed by atoms with E-state index in [4.69, 9.17) is 0 Å². The van der Waals surface area contributed by atoms with Crippen molar-refractivity contribution in [3.63, 3.8) is 0 Å². The van der Waals surface area contributed by atoms with E-state index in [1.165, 1.54) is 119 Å². The third kappa shape index (κ3) is 57.1. The molecule has 0 radical (unpaired) electrons. The average molecular weight is 1160 g/mol. The summed E-state index contributed by atoms with van der Waals surface area (Å²) in [6.45, 7) is 0. The first-order valence-corrected chi connectivity index (χ1v) is 45.7. The lowest BCUT2D eigenvalue weighted by Crippen LogP contribution is -1.90. The number of hydrogen-bond donors (Lipinski definition) is 2. The Balaban J connectivity index is 3.04. The highest BCUT2D eigenvalue weighted by Gasteiger charge is 2.00. The zero-order valence-electron chi connectivity index (χ0n) is 27.0. The molecule has 0 saturated carbocycles. The summed E-state index contributed by atoms with van der Waals surface area (Å²) in [5.74, 6) is 25.0. The molecule has 0 N–H and O–H groups in total. The van der Waals surface area contributed by atoms with Crippen LogP contribution < -0.4 is 0 Å². The first-order chi connectivity index (χ1) is 24.4. The van der Waals surface area contributed by atoms with Gasteiger partial charge in [0.25, 0.3) is 0 Å². The highest BCUT2D eigenvalue weighted by atomic mass is 33.8. The second-order valence-electron chi connectivity index (χ2n) is 7.49. The van der Waals surface area contributed by atoms with Gasteiger partial charge >= 0.3 is 0 Å². The monoisotopic (exact) mass is 1160 g/mol. The van der Waals surface area contributed by atoms with Gasteiger partial charge in [0.05, 0.1) is 15.3 Å². The van der Waals surface area contributed by atoms with Crippen molar-refractivity contribution in [2.45, 2.75) is 0 Å². The second-order valence-corrected chi connectivity index (χ2v) is 41.6. The van der Waals surface area contributed by atoms with E-state index in [0.717, 1.165) is 10.8 Å². The molecule has 0 fully saturated rings. The molecular formula is C23H48S26. The van der Waals surface area contributed by atoms with Crippen molar-refractivity contribution < 1.29 is 0 Å². The average Bonchev–Trinajstić information content (AvgIpc) is 3.11. The fraction of sp³-hybridized carbons (Fsp3) is 1.00. The lowest BCUT2D eigenvalue weighted by atomic mass is 10.9. The molecule has 0 aromatic rings. The van der Waals surface area contributed by atoms with Gasteiger partial charge in [-0.15, -0.1) is 11.7 Å². The first-order valence-electron chi connectivity index (χ1n) is 14.5. The molecule has 0 rings (SSSR count). The molecule has 0 aliphatic heterocycles. The van der Waals surface area contributed by atoms with E-state index in [2.05, 4.69) is 103 Å². The van der Waals surface area contributed by atoms with Crippen LogP contribution in [0.1, 0.15) is 0 Å². The van der Waals surface area contributed by atoms with Crippen LogP contribution >= 0.6 is 284 Å². The summed E-state index contributed by atoms with van der Waals surface area (Å²) in [7, 11) is 39.7. The summed E-state index contributed by atoms with van der Waals surface area (Å²) < 4.78 is 0. The smallest absolute Gasteiger partial charge is 0.0608 e. The summed E-state index contributed by atoms with van der Waals surface area (Å²) in [4.78, 5) is 0. The molecular weight excluding hydrogens is 1110 g/mol. The van der Waals surface area contributed by atoms with Gasteiger partial charge in [0.1, 0.15) is 0 Å². The molecule has 296 valence electrons. The van der Waals surface area contributed by atoms with Crippen LogP contribution in [-0.2, 0) is 0 Å². The lowest BCUT2D eigenvalue weighted by molar-refractivity contribution is 1.49. The van der Waals surface area contributed by atoms with Gasteiger partial charge in [-0.3, -0.25) is 0 Å². The van der Waals surface area contributed by atoms with Crippen molar-refractivity contribution in [3.8, 4) is 0 Å². The highest BCUT2D eigenvalue weighted by molar-refractivity contribution is 9.36. The minimum Gasteiger partial charge on any atom is -0.179 e. The summed E-state index contributed by atoms with van der Waals surface area (Å²) in [6.07, 6.45) is 0. The molecule has 26 heteroatoms. The van der Waals surface area contributed by atoms with Crippen molar-refractivity contribution in [2.24, 2.45) is 0 Å². The van der Waals surface area contributed by atoms with E-state index in [-0.39, 0.29) is 0 Å². The molecule has 49 heavy (non-hydrogen) atoms. The second kappa shape index (κ2) is 57.1. The zero-order chi connectivity index (χ0) is 35.2. The lowest BCUT2D eigenvalue weighted by Gasteiger charge is -2.04. The van der Waals surface area contributed by atoms with E-state index in [0.29, 0.717) is 0 Å². The van der Waals surface area contributed by atoms with Gasteiger partial charge in [-0.05, 0) is 35.2 Å². The van der Waals surface area contributed by atoms with Crippen LogP contribution in [0.25, 0.3) is 0 Å². The summed E-state index contributed by atoms with van der Waals surface area (Å²) >= 11 is 16.8. The van der Waals surface area contributed by atoms with Crippen molar-refractivity contribution in [3.05, 3.63) is 0 Å². The third-order valence-corrected chi connectivity index (χ3v) is 39.6. The van der Waals surface area contributed by atoms with Gasteiger partial charge in [0.15, 0.2) is 0 Å². The quantitative estimate of drug-likeness (QED) is 0.0257. The summed E-state index contributed by atoms with van der Waals surface area (Å²) in [5.41, 5.74) is 0. The van der Waals surface area contributed by atoms with Crippen LogP contribution in [0.15, 0.2) is 0 Å². The molecule has 0 amide bonds. The number of thiol groups is 2. The fourth-order valence-corrected chi connectivity index (χ4v) is 38.0. The maximum Gasteiger partial charge on any atom is 0.0608 e. The number of thioether (sulfide) groups is 4. The van der Waals surface area contributed by atoms with Gasteiger partial charge in [-0.25, -0.2) is 0 Å². The summed E-state index contributed by atoms with van der Waals surface area (Å²) in [5, 5.41) is 3.44. The van der Waals surface area contributed by atoms with Crippen LogP contribution in [0, 0.1) is 0 Å². The maximum atomic E-state index is 4.25. The van der Waals surface area contributed by atoms with Crippen LogP contribution in [0.3, 0.4) is 0 Å². The van der Waals surface area contributed by atoms with Crippen LogP contribution in [-0.4, -0.2) is 130 Å². The molecule has 0 bridgehead atoms. The molecule has 0 saturated heterocycles. The molecule has 0 aromatic carbocycles. The van der Waals surface area contributed by atoms with Gasteiger partial charge < -0.3 is 0 Å². The minimum atomic E-state index is 0.994. The van der Waals surface area contributed by atoms with E-state index in [9.17, 15) is 0 Å². The number of hydrogen-bond acceptors (Lipinski definition) is 26.